The molecule has 6 aromatic rings. The van der Waals surface area contributed by atoms with Crippen LogP contribution in [0.1, 0.15) is 11.1 Å². The number of rotatable bonds is 7. The van der Waals surface area contributed by atoms with Crippen LogP contribution in [0.5, 0.6) is 0 Å². The normalized spacial score (nSPS) is 14.4. The van der Waals surface area contributed by atoms with Crippen LogP contribution in [-0.4, -0.2) is 68.3 Å². The number of imidazole rings is 1. The summed E-state index contributed by atoms with van der Waals surface area (Å²) in [6, 6.07) is 20.9. The van der Waals surface area contributed by atoms with Gasteiger partial charge in [0.05, 0.1) is 28.6 Å². The number of fused-ring (bicyclic) bond motifs is 2. The minimum atomic E-state index is 0.726. The summed E-state index contributed by atoms with van der Waals surface area (Å²) >= 11 is 0. The number of para-hydroxylation sites is 1. The maximum Gasteiger partial charge on any atom is 0.159 e. The van der Waals surface area contributed by atoms with Gasteiger partial charge in [-0.2, -0.15) is 5.10 Å². The first-order chi connectivity index (χ1) is 19.7. The number of hydrogen-bond donors (Lipinski definition) is 3. The number of likely N-dealkylation sites (N-methyl/N-ethyl adjacent to an activating group) is 1. The first kappa shape index (κ1) is 24.4. The molecule has 1 aliphatic heterocycles. The van der Waals surface area contributed by atoms with Crippen LogP contribution >= 0.6 is 0 Å². The Morgan fingerprint density at radius 1 is 0.850 bits per heavy atom. The first-order valence-corrected chi connectivity index (χ1v) is 13.7. The highest BCUT2D eigenvalue weighted by atomic mass is 15.3. The predicted octanol–water partition coefficient (Wildman–Crippen LogP) is 4.60. The van der Waals surface area contributed by atoms with Gasteiger partial charge in [-0.25, -0.2) is 4.98 Å². The van der Waals surface area contributed by atoms with E-state index < -0.39 is 0 Å². The van der Waals surface area contributed by atoms with E-state index in [1.54, 1.807) is 0 Å². The van der Waals surface area contributed by atoms with Gasteiger partial charge in [-0.05, 0) is 42.4 Å². The van der Waals surface area contributed by atoms with Crippen LogP contribution in [0.4, 0.5) is 5.69 Å². The fraction of sp³-hybridized carbons (Fsp3) is 0.226. The van der Waals surface area contributed by atoms with Crippen molar-refractivity contribution < 1.29 is 0 Å². The quantitative estimate of drug-likeness (QED) is 0.278. The molecular formula is C31H31N9. The van der Waals surface area contributed by atoms with Crippen molar-refractivity contribution >= 4 is 27.6 Å². The Morgan fingerprint density at radius 2 is 1.70 bits per heavy atom. The maximum absolute atomic E-state index is 5.04. The third-order valence-electron chi connectivity index (χ3n) is 7.60. The van der Waals surface area contributed by atoms with E-state index in [4.69, 9.17) is 9.97 Å². The molecular weight excluding hydrogens is 498 g/mol. The number of aromatic amines is 2. The van der Waals surface area contributed by atoms with Crippen molar-refractivity contribution in [3.05, 3.63) is 90.4 Å². The molecule has 7 rings (SSSR count). The van der Waals surface area contributed by atoms with Crippen LogP contribution in [0.25, 0.3) is 44.7 Å². The molecule has 0 aliphatic carbocycles. The maximum atomic E-state index is 5.04. The average molecular weight is 530 g/mol. The number of anilines is 1. The van der Waals surface area contributed by atoms with Gasteiger partial charge in [-0.1, -0.05) is 36.4 Å². The second kappa shape index (κ2) is 10.5. The van der Waals surface area contributed by atoms with Crippen LogP contribution in [0.3, 0.4) is 0 Å². The Balaban J connectivity index is 1.17. The lowest BCUT2D eigenvalue weighted by atomic mass is 10.1. The minimum Gasteiger partial charge on any atom is -0.367 e. The van der Waals surface area contributed by atoms with Crippen LogP contribution in [0.2, 0.25) is 0 Å². The summed E-state index contributed by atoms with van der Waals surface area (Å²) in [7, 11) is 2.17. The molecule has 200 valence electrons. The molecule has 2 aromatic carbocycles. The smallest absolute Gasteiger partial charge is 0.159 e. The molecule has 1 fully saturated rings. The van der Waals surface area contributed by atoms with Gasteiger partial charge in [0, 0.05) is 62.6 Å². The topological polar surface area (TPSA) is 102 Å². The van der Waals surface area contributed by atoms with E-state index in [0.29, 0.717) is 0 Å². The Kier molecular flexibility index (Phi) is 6.43. The molecule has 3 N–H and O–H groups in total. The van der Waals surface area contributed by atoms with Gasteiger partial charge in [0.25, 0.3) is 0 Å². The molecule has 1 saturated heterocycles. The summed E-state index contributed by atoms with van der Waals surface area (Å²) in [6.45, 7) is 5.62. The van der Waals surface area contributed by atoms with Gasteiger partial charge < -0.3 is 20.1 Å². The highest BCUT2D eigenvalue weighted by Gasteiger charge is 2.20. The first-order valence-electron chi connectivity index (χ1n) is 13.7. The van der Waals surface area contributed by atoms with Gasteiger partial charge in [0.1, 0.15) is 11.2 Å². The zero-order valence-electron chi connectivity index (χ0n) is 22.4. The van der Waals surface area contributed by atoms with E-state index in [1.807, 2.05) is 24.7 Å². The lowest BCUT2D eigenvalue weighted by molar-refractivity contribution is 0.313. The standard InChI is InChI=1S/C31H31N9/c1-39-10-12-40(13-11-39)28-9-5-8-25-30(28)36-31(35-25)29-24-15-26(34-20-27(24)37-38-29)23-14-22(18-33-19-23)17-32-16-21-6-3-2-4-7-21/h2-9,14-15,18-20,32H,10-13,16-17H2,1H3,(H,35,36)(H,37,38). The van der Waals surface area contributed by atoms with E-state index in [0.717, 1.165) is 89.5 Å². The third-order valence-corrected chi connectivity index (χ3v) is 7.60. The van der Waals surface area contributed by atoms with Crippen molar-refractivity contribution in [1.82, 2.24) is 40.3 Å². The Hall–Kier alpha value is -4.60. The van der Waals surface area contributed by atoms with Crippen molar-refractivity contribution in [2.45, 2.75) is 13.1 Å². The fourth-order valence-electron chi connectivity index (χ4n) is 5.36. The van der Waals surface area contributed by atoms with Gasteiger partial charge >= 0.3 is 0 Å². The molecule has 40 heavy (non-hydrogen) atoms. The number of benzene rings is 2. The highest BCUT2D eigenvalue weighted by molar-refractivity contribution is 5.96. The van der Waals surface area contributed by atoms with Crippen molar-refractivity contribution in [2.24, 2.45) is 0 Å². The number of nitrogens with zero attached hydrogens (tertiary/aromatic N) is 6. The molecule has 0 radical (unpaired) electrons. The molecule has 9 nitrogen and oxygen atoms in total. The summed E-state index contributed by atoms with van der Waals surface area (Å²) in [5, 5.41) is 12.2. The van der Waals surface area contributed by atoms with Crippen LogP contribution in [0, 0.1) is 0 Å². The highest BCUT2D eigenvalue weighted by Crippen LogP contribution is 2.32. The van der Waals surface area contributed by atoms with Gasteiger partial charge in [0.2, 0.25) is 0 Å². The van der Waals surface area contributed by atoms with Crippen LogP contribution < -0.4 is 10.2 Å². The molecule has 1 aliphatic rings. The minimum absolute atomic E-state index is 0.726. The predicted molar refractivity (Wildman–Crippen MR) is 159 cm³/mol. The summed E-state index contributed by atoms with van der Waals surface area (Å²) in [5.41, 5.74) is 8.99. The zero-order chi connectivity index (χ0) is 26.9. The van der Waals surface area contributed by atoms with E-state index in [2.05, 4.69) is 96.9 Å². The van der Waals surface area contributed by atoms with Crippen molar-refractivity contribution in [1.29, 1.82) is 0 Å². The molecule has 0 bridgehead atoms. The molecule has 0 atom stereocenters. The number of pyridine rings is 2. The molecule has 9 heteroatoms. The SMILES string of the molecule is CN1CCN(c2cccc3[nH]c(-c4n[nH]c5cnc(-c6cncc(CNCc7ccccc7)c6)cc45)nc23)CC1. The monoisotopic (exact) mass is 529 g/mol. The number of aromatic nitrogens is 6. The summed E-state index contributed by atoms with van der Waals surface area (Å²) in [4.78, 5) is 22.5. The molecule has 0 saturated carbocycles. The van der Waals surface area contributed by atoms with Gasteiger partial charge in [-0.15, -0.1) is 0 Å². The Bertz CT molecular complexity index is 1760. The second-order valence-electron chi connectivity index (χ2n) is 10.4. The van der Waals surface area contributed by atoms with E-state index in [9.17, 15) is 0 Å². The van der Waals surface area contributed by atoms with Gasteiger partial charge in [-0.3, -0.25) is 15.1 Å². The third kappa shape index (κ3) is 4.81. The summed E-state index contributed by atoms with van der Waals surface area (Å²) in [5.74, 6) is 0.747. The second-order valence-corrected chi connectivity index (χ2v) is 10.4. The van der Waals surface area contributed by atoms with Crippen molar-refractivity contribution in [3.63, 3.8) is 0 Å². The van der Waals surface area contributed by atoms with E-state index in [-0.39, 0.29) is 0 Å². The number of hydrogen-bond acceptors (Lipinski definition) is 7. The number of piperazine rings is 1. The fourth-order valence-corrected chi connectivity index (χ4v) is 5.36. The average Bonchev–Trinajstić information content (AvgIpc) is 3.62. The van der Waals surface area contributed by atoms with Crippen molar-refractivity contribution in [2.75, 3.05) is 38.1 Å². The summed E-state index contributed by atoms with van der Waals surface area (Å²) < 4.78 is 0. The van der Waals surface area contributed by atoms with Crippen molar-refractivity contribution in [3.8, 4) is 22.8 Å². The number of nitrogens with one attached hydrogen (secondary N) is 3. The lowest BCUT2D eigenvalue weighted by Gasteiger charge is -2.34. The molecule has 0 spiro atoms. The summed E-state index contributed by atoms with van der Waals surface area (Å²) in [6.07, 6.45) is 5.59. The zero-order valence-corrected chi connectivity index (χ0v) is 22.4. The Morgan fingerprint density at radius 3 is 2.58 bits per heavy atom. The largest absolute Gasteiger partial charge is 0.367 e. The number of H-pyrrole nitrogens is 2. The molecule has 0 amide bonds. The lowest BCUT2D eigenvalue weighted by Crippen LogP contribution is -2.44. The molecule has 5 heterocycles. The van der Waals surface area contributed by atoms with Crippen LogP contribution in [-0.2, 0) is 13.1 Å². The molecule has 4 aromatic heterocycles. The molecule has 0 unspecified atom stereocenters. The van der Waals surface area contributed by atoms with E-state index in [1.165, 1.54) is 11.3 Å². The van der Waals surface area contributed by atoms with Crippen LogP contribution in [0.15, 0.2) is 79.3 Å². The Labute approximate surface area is 232 Å². The van der Waals surface area contributed by atoms with E-state index >= 15 is 0 Å². The van der Waals surface area contributed by atoms with Gasteiger partial charge in [0.15, 0.2) is 5.82 Å².